The number of Topliss-reactive ketones (excluding diaryl/α,β-unsaturated/α-hetero) is 1. The lowest BCUT2D eigenvalue weighted by Crippen LogP contribution is -2.50. The minimum absolute atomic E-state index is 0.111. The second-order valence-corrected chi connectivity index (χ2v) is 8.81. The number of benzene rings is 2. The molecule has 1 fully saturated rings. The fraction of sp³-hybridized carbons (Fsp3) is 0.316. The van der Waals surface area contributed by atoms with Crippen LogP contribution in [-0.4, -0.2) is 20.5 Å². The zero-order chi connectivity index (χ0) is 16.8. The topological polar surface area (TPSA) is 51.2 Å². The van der Waals surface area contributed by atoms with Crippen molar-refractivity contribution in [3.05, 3.63) is 65.7 Å². The first-order valence-corrected chi connectivity index (χ1v) is 9.51. The molecule has 0 saturated heterocycles. The van der Waals surface area contributed by atoms with Crippen LogP contribution in [0.2, 0.25) is 0 Å². The van der Waals surface area contributed by atoms with E-state index in [2.05, 4.69) is 12.1 Å². The molecular formula is C19H20O3S. The van der Waals surface area contributed by atoms with Crippen molar-refractivity contribution in [1.82, 2.24) is 0 Å². The molecule has 0 radical (unpaired) electrons. The van der Waals surface area contributed by atoms with Gasteiger partial charge in [-0.25, -0.2) is 8.42 Å². The number of rotatable bonds is 3. The van der Waals surface area contributed by atoms with E-state index >= 15 is 0 Å². The summed E-state index contributed by atoms with van der Waals surface area (Å²) in [5.41, 5.74) is 1.63. The number of carbonyl (C=O) groups excluding carboxylic acids is 1. The Kier molecular flexibility index (Phi) is 3.68. The Morgan fingerprint density at radius 3 is 1.96 bits per heavy atom. The van der Waals surface area contributed by atoms with Crippen molar-refractivity contribution >= 4 is 15.6 Å². The van der Waals surface area contributed by atoms with Crippen LogP contribution in [0.4, 0.5) is 0 Å². The number of hydrogen-bond acceptors (Lipinski definition) is 3. The van der Waals surface area contributed by atoms with E-state index < -0.39 is 15.3 Å². The average molecular weight is 328 g/mol. The molecule has 0 unspecified atom stereocenters. The van der Waals surface area contributed by atoms with Gasteiger partial charge in [0.05, 0.1) is 10.8 Å². The molecule has 1 aliphatic carbocycles. The van der Waals surface area contributed by atoms with Gasteiger partial charge in [0.1, 0.15) is 5.78 Å². The third-order valence-electron chi connectivity index (χ3n) is 4.85. The van der Waals surface area contributed by atoms with Crippen LogP contribution < -0.4 is 0 Å². The molecule has 3 rings (SSSR count). The van der Waals surface area contributed by atoms with Crippen molar-refractivity contribution in [1.29, 1.82) is 0 Å². The number of carbonyl (C=O) groups is 1. The highest BCUT2D eigenvalue weighted by molar-refractivity contribution is 7.90. The molecule has 2 aromatic rings. The fourth-order valence-electron chi connectivity index (χ4n) is 3.56. The second kappa shape index (κ2) is 5.31. The van der Waals surface area contributed by atoms with Gasteiger partial charge in [-0.1, -0.05) is 56.3 Å². The van der Waals surface area contributed by atoms with Crippen LogP contribution in [0.15, 0.2) is 59.5 Å². The standard InChI is InChI=1S/C19H20O3S/c1-19(2)17(14-7-5-4-6-8-14)16(18(19)20)13-9-11-15(12-10-13)23(3,21)22/h4-12,16-17H,1-3H3/t16-,17-/m0/s1. The van der Waals surface area contributed by atoms with Gasteiger partial charge in [-0.2, -0.15) is 0 Å². The van der Waals surface area contributed by atoms with Crippen molar-refractivity contribution in [2.75, 3.05) is 6.26 Å². The van der Waals surface area contributed by atoms with Gasteiger partial charge in [0.25, 0.3) is 0 Å². The molecule has 3 nitrogen and oxygen atoms in total. The highest BCUT2D eigenvalue weighted by Gasteiger charge is 2.56. The van der Waals surface area contributed by atoms with Crippen LogP contribution in [0, 0.1) is 5.41 Å². The Bertz CT molecular complexity index is 834. The Balaban J connectivity index is 2.00. The lowest BCUT2D eigenvalue weighted by molar-refractivity contribution is -0.141. The fourth-order valence-corrected chi connectivity index (χ4v) is 4.19. The molecule has 2 aromatic carbocycles. The summed E-state index contributed by atoms with van der Waals surface area (Å²) >= 11 is 0. The molecule has 0 spiro atoms. The summed E-state index contributed by atoms with van der Waals surface area (Å²) in [5.74, 6) is 0.111. The minimum atomic E-state index is -3.22. The quantitative estimate of drug-likeness (QED) is 0.865. The molecule has 0 N–H and O–H groups in total. The lowest BCUT2D eigenvalue weighted by Gasteiger charge is -2.50. The first kappa shape index (κ1) is 15.9. The predicted molar refractivity (Wildman–Crippen MR) is 90.3 cm³/mol. The third kappa shape index (κ3) is 2.61. The van der Waals surface area contributed by atoms with Crippen LogP contribution in [0.5, 0.6) is 0 Å². The Morgan fingerprint density at radius 1 is 0.870 bits per heavy atom. The molecule has 0 bridgehead atoms. The summed E-state index contributed by atoms with van der Waals surface area (Å²) in [6.07, 6.45) is 1.19. The van der Waals surface area contributed by atoms with Gasteiger partial charge >= 0.3 is 0 Å². The van der Waals surface area contributed by atoms with E-state index in [4.69, 9.17) is 0 Å². The summed E-state index contributed by atoms with van der Waals surface area (Å²) in [4.78, 5) is 12.9. The molecular weight excluding hydrogens is 308 g/mol. The molecule has 0 aliphatic heterocycles. The van der Waals surface area contributed by atoms with Gasteiger partial charge in [-0.3, -0.25) is 4.79 Å². The molecule has 0 aromatic heterocycles. The molecule has 1 saturated carbocycles. The van der Waals surface area contributed by atoms with Gasteiger partial charge < -0.3 is 0 Å². The van der Waals surface area contributed by atoms with E-state index in [1.54, 1.807) is 24.3 Å². The normalized spacial score (nSPS) is 23.3. The zero-order valence-corrected chi connectivity index (χ0v) is 14.3. The van der Waals surface area contributed by atoms with E-state index in [1.807, 2.05) is 32.0 Å². The van der Waals surface area contributed by atoms with Gasteiger partial charge in [0.2, 0.25) is 0 Å². The Hall–Kier alpha value is -1.94. The summed E-state index contributed by atoms with van der Waals surface area (Å²) in [7, 11) is -3.22. The molecule has 23 heavy (non-hydrogen) atoms. The van der Waals surface area contributed by atoms with Gasteiger partial charge in [-0.15, -0.1) is 0 Å². The second-order valence-electron chi connectivity index (χ2n) is 6.79. The van der Waals surface area contributed by atoms with Crippen molar-refractivity contribution < 1.29 is 13.2 Å². The van der Waals surface area contributed by atoms with Crippen LogP contribution in [-0.2, 0) is 14.6 Å². The molecule has 2 atom stereocenters. The zero-order valence-electron chi connectivity index (χ0n) is 13.5. The van der Waals surface area contributed by atoms with Crippen LogP contribution in [0.25, 0.3) is 0 Å². The summed E-state index contributed by atoms with van der Waals surface area (Å²) in [5, 5.41) is 0. The third-order valence-corrected chi connectivity index (χ3v) is 5.98. The highest BCUT2D eigenvalue weighted by atomic mass is 32.2. The Labute approximate surface area is 137 Å². The van der Waals surface area contributed by atoms with E-state index in [0.29, 0.717) is 0 Å². The molecule has 1 aliphatic rings. The number of ketones is 1. The summed E-state index contributed by atoms with van der Waals surface area (Å²) < 4.78 is 23.2. The SMILES string of the molecule is CC1(C)C(=O)[C@@H](c2ccc(S(C)(=O)=O)cc2)[C@@H]1c1ccccc1. The number of sulfone groups is 1. The van der Waals surface area contributed by atoms with E-state index in [9.17, 15) is 13.2 Å². The van der Waals surface area contributed by atoms with Gasteiger partial charge in [0.15, 0.2) is 9.84 Å². The first-order chi connectivity index (χ1) is 10.7. The maximum Gasteiger partial charge on any atom is 0.175 e. The maximum absolute atomic E-state index is 12.6. The molecule has 0 heterocycles. The van der Waals surface area contributed by atoms with Crippen LogP contribution in [0.3, 0.4) is 0 Å². The minimum Gasteiger partial charge on any atom is -0.298 e. The van der Waals surface area contributed by atoms with Crippen LogP contribution in [0.1, 0.15) is 36.8 Å². The Morgan fingerprint density at radius 2 is 1.43 bits per heavy atom. The average Bonchev–Trinajstić information content (AvgIpc) is 2.52. The largest absolute Gasteiger partial charge is 0.298 e. The van der Waals surface area contributed by atoms with Crippen molar-refractivity contribution in [2.24, 2.45) is 5.41 Å². The highest BCUT2D eigenvalue weighted by Crippen LogP contribution is 2.58. The molecule has 0 amide bonds. The first-order valence-electron chi connectivity index (χ1n) is 7.62. The monoisotopic (exact) mass is 328 g/mol. The van der Waals surface area contributed by atoms with Gasteiger partial charge in [0, 0.05) is 17.6 Å². The van der Waals surface area contributed by atoms with E-state index in [1.165, 1.54) is 6.26 Å². The van der Waals surface area contributed by atoms with Crippen LogP contribution >= 0.6 is 0 Å². The van der Waals surface area contributed by atoms with Gasteiger partial charge in [-0.05, 0) is 23.3 Å². The lowest BCUT2D eigenvalue weighted by atomic mass is 9.51. The predicted octanol–water partition coefficient (Wildman–Crippen LogP) is 3.57. The number of hydrogen-bond donors (Lipinski definition) is 0. The smallest absolute Gasteiger partial charge is 0.175 e. The summed E-state index contributed by atoms with van der Waals surface area (Å²) in [6, 6.07) is 16.8. The van der Waals surface area contributed by atoms with Crippen molar-refractivity contribution in [3.63, 3.8) is 0 Å². The maximum atomic E-state index is 12.6. The summed E-state index contributed by atoms with van der Waals surface area (Å²) in [6.45, 7) is 3.96. The van der Waals surface area contributed by atoms with E-state index in [-0.39, 0.29) is 22.5 Å². The van der Waals surface area contributed by atoms with E-state index in [0.717, 1.165) is 11.1 Å². The van der Waals surface area contributed by atoms with Crippen molar-refractivity contribution in [2.45, 2.75) is 30.6 Å². The van der Waals surface area contributed by atoms with Crippen molar-refractivity contribution in [3.8, 4) is 0 Å². The molecule has 4 heteroatoms. The molecule has 120 valence electrons.